The van der Waals surface area contributed by atoms with Gasteiger partial charge in [-0.05, 0) is 42.3 Å². The third kappa shape index (κ3) is 3.47. The number of para-hydroxylation sites is 1. The monoisotopic (exact) mass is 395 g/mol. The lowest BCUT2D eigenvalue weighted by Gasteiger charge is -2.32. The Morgan fingerprint density at radius 2 is 1.76 bits per heavy atom. The van der Waals surface area contributed by atoms with Gasteiger partial charge in [0.2, 0.25) is 0 Å². The van der Waals surface area contributed by atoms with Crippen LogP contribution in [0.3, 0.4) is 0 Å². The summed E-state index contributed by atoms with van der Waals surface area (Å²) in [5.41, 5.74) is 3.71. The van der Waals surface area contributed by atoms with Crippen LogP contribution in [0.2, 0.25) is 0 Å². The highest BCUT2D eigenvalue weighted by Gasteiger charge is 2.26. The van der Waals surface area contributed by atoms with Crippen molar-refractivity contribution in [3.8, 4) is 0 Å². The molecule has 0 amide bonds. The minimum atomic E-state index is 0.225. The lowest BCUT2D eigenvalue weighted by Crippen LogP contribution is -2.33. The van der Waals surface area contributed by atoms with Crippen LogP contribution in [-0.4, -0.2) is 36.1 Å². The molecule has 1 aliphatic heterocycles. The Labute approximate surface area is 157 Å². The molecule has 0 spiro atoms. The van der Waals surface area contributed by atoms with E-state index >= 15 is 0 Å². The summed E-state index contributed by atoms with van der Waals surface area (Å²) in [7, 11) is 0. The Kier molecular flexibility index (Phi) is 5.11. The van der Waals surface area contributed by atoms with Crippen molar-refractivity contribution >= 4 is 26.8 Å². The van der Waals surface area contributed by atoms with E-state index in [4.69, 9.17) is 0 Å². The molecule has 0 radical (unpaired) electrons. The van der Waals surface area contributed by atoms with Gasteiger partial charge in [0.05, 0.1) is 11.6 Å². The van der Waals surface area contributed by atoms with E-state index in [0.29, 0.717) is 0 Å². The number of halogens is 1. The van der Waals surface area contributed by atoms with Gasteiger partial charge in [-0.25, -0.2) is 0 Å². The van der Waals surface area contributed by atoms with E-state index in [2.05, 4.69) is 85.7 Å². The average Bonchev–Trinajstić information content (AvgIpc) is 2.93. The fourth-order valence-corrected chi connectivity index (χ4v) is 4.24. The van der Waals surface area contributed by atoms with Gasteiger partial charge < -0.3 is 5.32 Å². The summed E-state index contributed by atoms with van der Waals surface area (Å²) in [4.78, 5) is 7.16. The van der Waals surface area contributed by atoms with Crippen molar-refractivity contribution in [2.75, 3.05) is 26.2 Å². The number of hydrogen-bond acceptors (Lipinski definition) is 3. The van der Waals surface area contributed by atoms with Gasteiger partial charge in [-0.3, -0.25) is 9.88 Å². The van der Waals surface area contributed by atoms with Gasteiger partial charge in [0, 0.05) is 35.7 Å². The van der Waals surface area contributed by atoms with Crippen molar-refractivity contribution in [3.63, 3.8) is 0 Å². The highest BCUT2D eigenvalue weighted by molar-refractivity contribution is 9.10. The molecule has 25 heavy (non-hydrogen) atoms. The van der Waals surface area contributed by atoms with Crippen molar-refractivity contribution in [1.29, 1.82) is 0 Å². The highest BCUT2D eigenvalue weighted by Crippen LogP contribution is 2.36. The van der Waals surface area contributed by atoms with Gasteiger partial charge >= 0.3 is 0 Å². The second-order valence-electron chi connectivity index (χ2n) is 6.48. The number of nitrogens with one attached hydrogen (secondary N) is 1. The number of hydrogen-bond donors (Lipinski definition) is 1. The molecular formula is C21H22BrN3. The fraction of sp³-hybridized carbons (Fsp3) is 0.286. The van der Waals surface area contributed by atoms with Crippen molar-refractivity contribution in [2.45, 2.75) is 12.5 Å². The molecule has 0 aliphatic carbocycles. The maximum Gasteiger partial charge on any atom is 0.0705 e. The van der Waals surface area contributed by atoms with E-state index in [1.165, 1.54) is 22.9 Å². The third-order valence-corrected chi connectivity index (χ3v) is 5.64. The number of aromatic nitrogens is 1. The maximum absolute atomic E-state index is 4.56. The van der Waals surface area contributed by atoms with E-state index in [1.54, 1.807) is 0 Å². The summed E-state index contributed by atoms with van der Waals surface area (Å²) in [5.74, 6) is 0. The van der Waals surface area contributed by atoms with Crippen LogP contribution in [0.1, 0.15) is 23.6 Å². The molecule has 1 unspecified atom stereocenters. The van der Waals surface area contributed by atoms with Gasteiger partial charge in [0.1, 0.15) is 0 Å². The Balaban J connectivity index is 1.89. The zero-order valence-corrected chi connectivity index (χ0v) is 15.7. The van der Waals surface area contributed by atoms with Crippen molar-refractivity contribution in [3.05, 3.63) is 76.4 Å². The number of fused-ring (bicyclic) bond motifs is 1. The van der Waals surface area contributed by atoms with E-state index in [0.717, 1.165) is 36.2 Å². The molecule has 0 bridgehead atoms. The van der Waals surface area contributed by atoms with Gasteiger partial charge in [-0.1, -0.05) is 52.3 Å². The molecule has 4 rings (SSSR count). The molecule has 0 saturated carbocycles. The van der Waals surface area contributed by atoms with Crippen LogP contribution < -0.4 is 5.32 Å². The molecule has 1 fully saturated rings. The first-order valence-electron chi connectivity index (χ1n) is 8.87. The second kappa shape index (κ2) is 7.65. The Bertz CT molecular complexity index is 851. The summed E-state index contributed by atoms with van der Waals surface area (Å²) < 4.78 is 1.16. The van der Waals surface area contributed by atoms with E-state index in [-0.39, 0.29) is 6.04 Å². The van der Waals surface area contributed by atoms with Crippen LogP contribution >= 0.6 is 15.9 Å². The predicted molar refractivity (Wildman–Crippen MR) is 107 cm³/mol. The second-order valence-corrected chi connectivity index (χ2v) is 7.34. The fourth-order valence-electron chi connectivity index (χ4n) is 3.74. The van der Waals surface area contributed by atoms with Crippen LogP contribution in [0.25, 0.3) is 10.9 Å². The quantitative estimate of drug-likeness (QED) is 0.712. The summed E-state index contributed by atoms with van der Waals surface area (Å²) in [5, 5.41) is 4.76. The highest BCUT2D eigenvalue weighted by atomic mass is 79.9. The van der Waals surface area contributed by atoms with Crippen LogP contribution in [0, 0.1) is 0 Å². The van der Waals surface area contributed by atoms with E-state index in [1.807, 2.05) is 6.20 Å². The van der Waals surface area contributed by atoms with Crippen LogP contribution in [-0.2, 0) is 0 Å². The molecule has 2 heterocycles. The summed E-state index contributed by atoms with van der Waals surface area (Å²) in [6.07, 6.45) is 3.11. The molecule has 1 aromatic heterocycles. The molecule has 2 aromatic carbocycles. The number of pyridine rings is 1. The third-order valence-electron chi connectivity index (χ3n) is 4.92. The van der Waals surface area contributed by atoms with Crippen LogP contribution in [0.5, 0.6) is 0 Å². The van der Waals surface area contributed by atoms with Crippen LogP contribution in [0.4, 0.5) is 0 Å². The van der Waals surface area contributed by atoms with Crippen molar-refractivity contribution < 1.29 is 0 Å². The zero-order chi connectivity index (χ0) is 17.1. The van der Waals surface area contributed by atoms with Crippen molar-refractivity contribution in [1.82, 2.24) is 15.2 Å². The summed E-state index contributed by atoms with van der Waals surface area (Å²) in [6, 6.07) is 19.5. The van der Waals surface area contributed by atoms with E-state index < -0.39 is 0 Å². The Morgan fingerprint density at radius 1 is 0.920 bits per heavy atom. The molecule has 1 saturated heterocycles. The summed E-state index contributed by atoms with van der Waals surface area (Å²) >= 11 is 3.79. The first-order chi connectivity index (χ1) is 12.3. The molecule has 1 N–H and O–H groups in total. The normalized spacial score (nSPS) is 17.3. The maximum atomic E-state index is 4.56. The van der Waals surface area contributed by atoms with Gasteiger partial charge in [0.25, 0.3) is 0 Å². The Hall–Kier alpha value is -1.75. The summed E-state index contributed by atoms with van der Waals surface area (Å²) in [6.45, 7) is 4.26. The number of rotatable bonds is 3. The van der Waals surface area contributed by atoms with Crippen molar-refractivity contribution in [2.24, 2.45) is 0 Å². The first-order valence-corrected chi connectivity index (χ1v) is 9.67. The van der Waals surface area contributed by atoms with Crippen LogP contribution in [0.15, 0.2) is 65.3 Å². The average molecular weight is 396 g/mol. The Morgan fingerprint density at radius 3 is 2.68 bits per heavy atom. The molecule has 1 atom stereocenters. The lowest BCUT2D eigenvalue weighted by atomic mass is 9.94. The lowest BCUT2D eigenvalue weighted by molar-refractivity contribution is 0.241. The molecule has 4 heteroatoms. The first kappa shape index (κ1) is 16.7. The van der Waals surface area contributed by atoms with Gasteiger partial charge in [-0.2, -0.15) is 0 Å². The minimum absolute atomic E-state index is 0.225. The molecule has 3 aromatic rings. The predicted octanol–water partition coefficient (Wildman–Crippen LogP) is 4.38. The standard InChI is InChI=1S/C21H22BrN3/c22-19-8-3-1-7-18(19)21(25-14-5-11-23-13-15-25)17-10-12-24-20-9-4-2-6-16(17)20/h1-4,6-10,12,21,23H,5,11,13-15H2. The zero-order valence-electron chi connectivity index (χ0n) is 14.2. The smallest absolute Gasteiger partial charge is 0.0705 e. The number of benzene rings is 2. The minimum Gasteiger partial charge on any atom is -0.315 e. The molecule has 3 nitrogen and oxygen atoms in total. The SMILES string of the molecule is Brc1ccccc1C(c1ccnc2ccccc12)N1CCCNCC1. The largest absolute Gasteiger partial charge is 0.315 e. The van der Waals surface area contributed by atoms with Gasteiger partial charge in [0.15, 0.2) is 0 Å². The van der Waals surface area contributed by atoms with E-state index in [9.17, 15) is 0 Å². The number of nitrogens with zero attached hydrogens (tertiary/aromatic N) is 2. The molecule has 128 valence electrons. The molecule has 1 aliphatic rings. The van der Waals surface area contributed by atoms with Gasteiger partial charge in [-0.15, -0.1) is 0 Å². The molecular weight excluding hydrogens is 374 g/mol. The topological polar surface area (TPSA) is 28.2 Å².